The highest BCUT2D eigenvalue weighted by Gasteiger charge is 2.48. The molecule has 0 amide bonds. The molecule has 2 aromatic rings. The average molecular weight is 374 g/mol. The molecule has 7 nitrogen and oxygen atoms in total. The van der Waals surface area contributed by atoms with Gasteiger partial charge in [0.2, 0.25) is 0 Å². The SMILES string of the molecule is COCOc1c(OC)cccc1[C@@H]1O[C@H]1C(=O)c1ccc(OC)c(OC)c1. The molecule has 0 radical (unpaired) electrons. The maximum Gasteiger partial charge on any atom is 0.194 e. The second-order valence-corrected chi connectivity index (χ2v) is 5.84. The van der Waals surface area contributed by atoms with E-state index in [0.29, 0.717) is 28.6 Å². The normalized spacial score (nSPS) is 17.9. The summed E-state index contributed by atoms with van der Waals surface area (Å²) < 4.78 is 32.1. The second-order valence-electron chi connectivity index (χ2n) is 5.84. The van der Waals surface area contributed by atoms with Crippen molar-refractivity contribution in [2.45, 2.75) is 12.2 Å². The largest absolute Gasteiger partial charge is 0.493 e. The van der Waals surface area contributed by atoms with Gasteiger partial charge < -0.3 is 28.4 Å². The van der Waals surface area contributed by atoms with Gasteiger partial charge in [0.1, 0.15) is 6.10 Å². The van der Waals surface area contributed by atoms with E-state index in [2.05, 4.69) is 0 Å². The molecule has 0 aromatic heterocycles. The molecule has 0 saturated carbocycles. The molecule has 0 N–H and O–H groups in total. The maximum atomic E-state index is 12.8. The Hall–Kier alpha value is -2.77. The predicted octanol–water partition coefficient (Wildman–Crippen LogP) is 3.02. The van der Waals surface area contributed by atoms with Crippen LogP contribution in [-0.2, 0) is 9.47 Å². The molecular formula is C20H22O7. The minimum Gasteiger partial charge on any atom is -0.493 e. The summed E-state index contributed by atoms with van der Waals surface area (Å²) in [6.45, 7) is 0.0639. The van der Waals surface area contributed by atoms with Gasteiger partial charge in [-0.3, -0.25) is 4.79 Å². The molecule has 0 aliphatic carbocycles. The Bertz CT molecular complexity index is 818. The number of methoxy groups -OCH3 is 4. The predicted molar refractivity (Wildman–Crippen MR) is 97.0 cm³/mol. The number of Topliss-reactive ketones (excluding diaryl/α,β-unsaturated/α-hetero) is 1. The fourth-order valence-corrected chi connectivity index (χ4v) is 2.89. The fraction of sp³-hybridized carbons (Fsp3) is 0.350. The summed E-state index contributed by atoms with van der Waals surface area (Å²) >= 11 is 0. The summed E-state index contributed by atoms with van der Waals surface area (Å²) in [6, 6.07) is 10.5. The molecule has 144 valence electrons. The molecule has 2 atom stereocenters. The quantitative estimate of drug-likeness (QED) is 0.379. The van der Waals surface area contributed by atoms with Crippen molar-refractivity contribution in [3.63, 3.8) is 0 Å². The van der Waals surface area contributed by atoms with Crippen LogP contribution in [0.4, 0.5) is 0 Å². The van der Waals surface area contributed by atoms with Crippen LogP contribution < -0.4 is 18.9 Å². The summed E-state index contributed by atoms with van der Waals surface area (Å²) in [6.07, 6.45) is -1.01. The van der Waals surface area contributed by atoms with E-state index in [0.717, 1.165) is 5.56 Å². The van der Waals surface area contributed by atoms with Crippen LogP contribution in [0.3, 0.4) is 0 Å². The van der Waals surface area contributed by atoms with Crippen molar-refractivity contribution in [1.82, 2.24) is 0 Å². The van der Waals surface area contributed by atoms with E-state index in [1.807, 2.05) is 12.1 Å². The van der Waals surface area contributed by atoms with E-state index in [4.69, 9.17) is 28.4 Å². The number of epoxide rings is 1. The maximum absolute atomic E-state index is 12.8. The Balaban J connectivity index is 1.82. The van der Waals surface area contributed by atoms with Gasteiger partial charge in [-0.2, -0.15) is 0 Å². The first-order valence-electron chi connectivity index (χ1n) is 8.35. The lowest BCUT2D eigenvalue weighted by Crippen LogP contribution is -2.10. The Labute approximate surface area is 157 Å². The standard InChI is InChI=1S/C20H22O7/c1-22-11-26-18-13(6-5-7-15(18)24-3)19-20(27-19)17(21)12-8-9-14(23-2)16(10-12)25-4/h5-10,19-20H,11H2,1-4H3/t19-,20-/m0/s1. The molecule has 0 bridgehead atoms. The van der Waals surface area contributed by atoms with E-state index in [-0.39, 0.29) is 12.6 Å². The summed E-state index contributed by atoms with van der Waals surface area (Å²) in [7, 11) is 6.16. The number of ether oxygens (including phenoxy) is 6. The molecule has 1 fully saturated rings. The number of hydrogen-bond acceptors (Lipinski definition) is 7. The molecular weight excluding hydrogens is 352 g/mol. The van der Waals surface area contributed by atoms with Crippen LogP contribution in [0.25, 0.3) is 0 Å². The summed E-state index contributed by atoms with van der Waals surface area (Å²) in [5, 5.41) is 0. The van der Waals surface area contributed by atoms with Gasteiger partial charge in [-0.25, -0.2) is 0 Å². The number of hydrogen-bond donors (Lipinski definition) is 0. The van der Waals surface area contributed by atoms with Crippen LogP contribution in [0.15, 0.2) is 36.4 Å². The number of benzene rings is 2. The highest BCUT2D eigenvalue weighted by atomic mass is 16.7. The van der Waals surface area contributed by atoms with E-state index < -0.39 is 12.2 Å². The third-order valence-electron chi connectivity index (χ3n) is 4.27. The van der Waals surface area contributed by atoms with Crippen LogP contribution in [0.1, 0.15) is 22.0 Å². The molecule has 1 aliphatic rings. The van der Waals surface area contributed by atoms with Crippen molar-refractivity contribution in [1.29, 1.82) is 0 Å². The molecule has 3 rings (SSSR count). The van der Waals surface area contributed by atoms with Crippen LogP contribution in [0.2, 0.25) is 0 Å². The number of ketones is 1. The van der Waals surface area contributed by atoms with E-state index in [1.54, 1.807) is 38.5 Å². The van der Waals surface area contributed by atoms with E-state index >= 15 is 0 Å². The number of para-hydroxylation sites is 1. The minimum absolute atomic E-state index is 0.0639. The highest BCUT2D eigenvalue weighted by Crippen LogP contribution is 2.47. The van der Waals surface area contributed by atoms with Crippen molar-refractivity contribution in [2.75, 3.05) is 35.2 Å². The van der Waals surface area contributed by atoms with Crippen molar-refractivity contribution >= 4 is 5.78 Å². The van der Waals surface area contributed by atoms with Crippen LogP contribution in [-0.4, -0.2) is 47.1 Å². The zero-order valence-electron chi connectivity index (χ0n) is 15.7. The molecule has 1 heterocycles. The summed E-state index contributed by atoms with van der Waals surface area (Å²) in [5.41, 5.74) is 1.23. The molecule has 27 heavy (non-hydrogen) atoms. The van der Waals surface area contributed by atoms with Gasteiger partial charge in [0.15, 0.2) is 41.7 Å². The Morgan fingerprint density at radius 3 is 2.37 bits per heavy atom. The molecule has 7 heteroatoms. The Morgan fingerprint density at radius 2 is 1.70 bits per heavy atom. The summed E-state index contributed by atoms with van der Waals surface area (Å²) in [5.74, 6) is 1.98. The number of carbonyl (C=O) groups excluding carboxylic acids is 1. The van der Waals surface area contributed by atoms with Crippen LogP contribution in [0, 0.1) is 0 Å². The number of carbonyl (C=O) groups is 1. The molecule has 0 unspecified atom stereocenters. The minimum atomic E-state index is -0.597. The summed E-state index contributed by atoms with van der Waals surface area (Å²) in [4.78, 5) is 12.8. The highest BCUT2D eigenvalue weighted by molar-refractivity contribution is 6.02. The Morgan fingerprint density at radius 1 is 0.963 bits per heavy atom. The van der Waals surface area contributed by atoms with Crippen molar-refractivity contribution in [3.8, 4) is 23.0 Å². The number of rotatable bonds is 9. The van der Waals surface area contributed by atoms with Crippen molar-refractivity contribution < 1.29 is 33.2 Å². The van der Waals surface area contributed by atoms with Gasteiger partial charge in [0.05, 0.1) is 21.3 Å². The van der Waals surface area contributed by atoms with E-state index in [9.17, 15) is 4.79 Å². The van der Waals surface area contributed by atoms with Gasteiger partial charge in [-0.1, -0.05) is 12.1 Å². The Kier molecular flexibility index (Phi) is 5.83. The van der Waals surface area contributed by atoms with Gasteiger partial charge >= 0.3 is 0 Å². The smallest absolute Gasteiger partial charge is 0.194 e. The average Bonchev–Trinajstić information content (AvgIpc) is 3.51. The second kappa shape index (κ2) is 8.28. The zero-order valence-corrected chi connectivity index (χ0v) is 15.7. The first-order valence-corrected chi connectivity index (χ1v) is 8.35. The zero-order chi connectivity index (χ0) is 19.4. The van der Waals surface area contributed by atoms with Crippen LogP contribution in [0.5, 0.6) is 23.0 Å². The lowest BCUT2D eigenvalue weighted by atomic mass is 10.0. The first-order chi connectivity index (χ1) is 13.1. The van der Waals surface area contributed by atoms with Gasteiger partial charge in [-0.05, 0) is 24.3 Å². The third-order valence-corrected chi connectivity index (χ3v) is 4.27. The fourth-order valence-electron chi connectivity index (χ4n) is 2.89. The van der Waals surface area contributed by atoms with E-state index in [1.165, 1.54) is 14.2 Å². The van der Waals surface area contributed by atoms with Gasteiger partial charge in [0, 0.05) is 18.2 Å². The topological polar surface area (TPSA) is 75.8 Å². The van der Waals surface area contributed by atoms with Crippen molar-refractivity contribution in [3.05, 3.63) is 47.5 Å². The lowest BCUT2D eigenvalue weighted by Gasteiger charge is -2.13. The molecule has 1 aliphatic heterocycles. The first kappa shape index (κ1) is 19.0. The van der Waals surface area contributed by atoms with Crippen molar-refractivity contribution in [2.24, 2.45) is 0 Å². The molecule has 1 saturated heterocycles. The monoisotopic (exact) mass is 374 g/mol. The third kappa shape index (κ3) is 3.84. The van der Waals surface area contributed by atoms with Crippen LogP contribution >= 0.6 is 0 Å². The molecule has 0 spiro atoms. The molecule has 2 aromatic carbocycles. The lowest BCUT2D eigenvalue weighted by molar-refractivity contribution is 0.0481. The van der Waals surface area contributed by atoms with Gasteiger partial charge in [-0.15, -0.1) is 0 Å². The van der Waals surface area contributed by atoms with Gasteiger partial charge in [0.25, 0.3) is 0 Å².